The molecule has 0 bridgehead atoms. The van der Waals surface area contributed by atoms with Gasteiger partial charge in [-0.15, -0.1) is 0 Å². The van der Waals surface area contributed by atoms with E-state index in [1.54, 1.807) is 6.07 Å². The maximum absolute atomic E-state index is 12.9. The first-order valence-electron chi connectivity index (χ1n) is 6.45. The third-order valence-corrected chi connectivity index (χ3v) is 3.28. The topological polar surface area (TPSA) is 55.1 Å². The van der Waals surface area contributed by atoms with Gasteiger partial charge in [-0.05, 0) is 43.3 Å². The molecule has 2 unspecified atom stereocenters. The van der Waals surface area contributed by atoms with Crippen molar-refractivity contribution in [3.8, 4) is 11.3 Å². The molecule has 0 saturated carbocycles. The number of carboxylic acids is 1. The molecule has 2 atom stereocenters. The first kappa shape index (κ1) is 15.8. The van der Waals surface area contributed by atoms with Gasteiger partial charge in [-0.1, -0.05) is 0 Å². The molecule has 0 amide bonds. The predicted octanol–water partition coefficient (Wildman–Crippen LogP) is 3.73. The van der Waals surface area contributed by atoms with Gasteiger partial charge in [-0.25, -0.2) is 4.39 Å². The summed E-state index contributed by atoms with van der Waals surface area (Å²) >= 11 is 0. The van der Waals surface area contributed by atoms with Crippen molar-refractivity contribution < 1.29 is 23.1 Å². The van der Waals surface area contributed by atoms with Crippen LogP contribution in [-0.4, -0.2) is 20.9 Å². The monoisotopic (exact) mass is 310 g/mol. The lowest BCUT2D eigenvalue weighted by Crippen LogP contribution is -2.23. The Morgan fingerprint density at radius 3 is 2.45 bits per heavy atom. The molecule has 0 saturated heterocycles. The Hall–Kier alpha value is -2.57. The Kier molecular flexibility index (Phi) is 4.65. The number of nitrogens with zero attached hydrogens (tertiary/aromatic N) is 2. The highest BCUT2D eigenvalue weighted by molar-refractivity contribution is 5.72. The molecule has 0 aliphatic carbocycles. The maximum atomic E-state index is 12.9. The highest BCUT2D eigenvalue weighted by Crippen LogP contribution is 2.24. The van der Waals surface area contributed by atoms with Gasteiger partial charge in [0, 0.05) is 11.8 Å². The Balaban J connectivity index is 2.28. The first-order valence-corrected chi connectivity index (χ1v) is 6.45. The molecule has 0 fully saturated rings. The molecule has 0 aliphatic heterocycles. The van der Waals surface area contributed by atoms with E-state index in [9.17, 15) is 18.0 Å². The minimum absolute atomic E-state index is 0.383. The molecule has 0 radical (unpaired) electrons. The minimum Gasteiger partial charge on any atom is -0.481 e. The fourth-order valence-electron chi connectivity index (χ4n) is 2.06. The lowest BCUT2D eigenvalue weighted by molar-refractivity contribution is -0.141. The van der Waals surface area contributed by atoms with Gasteiger partial charge in [0.05, 0.1) is 11.7 Å². The molecule has 2 rings (SSSR count). The van der Waals surface area contributed by atoms with Crippen LogP contribution in [0.4, 0.5) is 13.2 Å². The number of aromatic nitrogens is 2. The van der Waals surface area contributed by atoms with Gasteiger partial charge in [0.15, 0.2) is 0 Å². The second-order valence-electron chi connectivity index (χ2n) is 4.75. The maximum Gasteiger partial charge on any atom is 0.312 e. The van der Waals surface area contributed by atoms with Crippen molar-refractivity contribution in [3.05, 3.63) is 54.5 Å². The fourth-order valence-corrected chi connectivity index (χ4v) is 2.06. The molecular weight excluding hydrogens is 297 g/mol. The largest absolute Gasteiger partial charge is 0.481 e. The first-order chi connectivity index (χ1) is 10.4. The van der Waals surface area contributed by atoms with Crippen LogP contribution in [0.5, 0.6) is 0 Å². The number of carbonyl (C=O) groups is 1. The zero-order valence-corrected chi connectivity index (χ0v) is 11.6. The zero-order chi connectivity index (χ0) is 16.3. The van der Waals surface area contributed by atoms with Crippen molar-refractivity contribution in [3.63, 3.8) is 0 Å². The SMILES string of the molecule is CC(C(C=C(F)F)C(=O)O)n1ccc(-c2ccc(F)cc2)n1. The van der Waals surface area contributed by atoms with Crippen LogP contribution >= 0.6 is 0 Å². The smallest absolute Gasteiger partial charge is 0.312 e. The molecule has 0 spiro atoms. The van der Waals surface area contributed by atoms with Crippen molar-refractivity contribution in [2.24, 2.45) is 5.92 Å². The van der Waals surface area contributed by atoms with Crippen molar-refractivity contribution in [1.82, 2.24) is 9.78 Å². The number of hydrogen-bond donors (Lipinski definition) is 1. The molecule has 0 aliphatic rings. The van der Waals surface area contributed by atoms with Gasteiger partial charge >= 0.3 is 5.97 Å². The highest BCUT2D eigenvalue weighted by Gasteiger charge is 2.26. The Bertz CT molecular complexity index is 691. The van der Waals surface area contributed by atoms with Crippen LogP contribution in [0, 0.1) is 11.7 Å². The van der Waals surface area contributed by atoms with E-state index in [2.05, 4.69) is 5.10 Å². The van der Waals surface area contributed by atoms with E-state index < -0.39 is 24.0 Å². The van der Waals surface area contributed by atoms with Crippen LogP contribution in [-0.2, 0) is 4.79 Å². The summed E-state index contributed by atoms with van der Waals surface area (Å²) in [7, 11) is 0. The van der Waals surface area contributed by atoms with Gasteiger partial charge in [0.2, 0.25) is 0 Å². The van der Waals surface area contributed by atoms with Crippen LogP contribution in [0.1, 0.15) is 13.0 Å². The van der Waals surface area contributed by atoms with Crippen LogP contribution in [0.3, 0.4) is 0 Å². The number of carboxylic acid groups (broad SMARTS) is 1. The summed E-state index contributed by atoms with van der Waals surface area (Å²) < 4.78 is 38.9. The number of aliphatic carboxylic acids is 1. The molecule has 1 heterocycles. The quantitative estimate of drug-likeness (QED) is 0.915. The van der Waals surface area contributed by atoms with E-state index in [1.807, 2.05) is 0 Å². The molecule has 1 aromatic heterocycles. The predicted molar refractivity (Wildman–Crippen MR) is 73.8 cm³/mol. The molecular formula is C15H13F3N2O2. The molecule has 22 heavy (non-hydrogen) atoms. The minimum atomic E-state index is -2.05. The van der Waals surface area contributed by atoms with Crippen LogP contribution in [0.2, 0.25) is 0 Å². The number of rotatable bonds is 5. The van der Waals surface area contributed by atoms with Crippen molar-refractivity contribution in [2.75, 3.05) is 0 Å². The molecule has 1 aromatic carbocycles. The Morgan fingerprint density at radius 1 is 1.27 bits per heavy atom. The molecule has 7 heteroatoms. The Labute approximate surface area is 124 Å². The standard InChI is InChI=1S/C15H13F3N2O2/c1-9(12(15(21)22)8-14(17)18)20-7-6-13(19-20)10-2-4-11(16)5-3-10/h2-9,12H,1H3,(H,21,22). The highest BCUT2D eigenvalue weighted by atomic mass is 19.3. The summed E-state index contributed by atoms with van der Waals surface area (Å²) in [5.41, 5.74) is 1.15. The summed E-state index contributed by atoms with van der Waals surface area (Å²) in [5, 5.41) is 13.2. The van der Waals surface area contributed by atoms with Gasteiger partial charge in [-0.2, -0.15) is 13.9 Å². The second kappa shape index (κ2) is 6.46. The summed E-state index contributed by atoms with van der Waals surface area (Å²) in [6, 6.07) is 6.43. The summed E-state index contributed by atoms with van der Waals surface area (Å²) in [5.74, 6) is -3.14. The Morgan fingerprint density at radius 2 is 1.91 bits per heavy atom. The van der Waals surface area contributed by atoms with E-state index in [-0.39, 0.29) is 5.82 Å². The van der Waals surface area contributed by atoms with E-state index in [0.717, 1.165) is 0 Å². The fraction of sp³-hybridized carbons (Fsp3) is 0.200. The average molecular weight is 310 g/mol. The summed E-state index contributed by atoms with van der Waals surface area (Å²) in [6.45, 7) is 1.49. The number of halogens is 3. The molecule has 4 nitrogen and oxygen atoms in total. The number of benzene rings is 1. The molecule has 116 valence electrons. The van der Waals surface area contributed by atoms with Crippen molar-refractivity contribution in [1.29, 1.82) is 0 Å². The lowest BCUT2D eigenvalue weighted by atomic mass is 10.0. The summed E-state index contributed by atoms with van der Waals surface area (Å²) in [4.78, 5) is 11.1. The molecule has 1 N–H and O–H groups in total. The van der Waals surface area contributed by atoms with Crippen molar-refractivity contribution in [2.45, 2.75) is 13.0 Å². The lowest BCUT2D eigenvalue weighted by Gasteiger charge is -2.17. The zero-order valence-electron chi connectivity index (χ0n) is 11.6. The van der Waals surface area contributed by atoms with Gasteiger partial charge in [-0.3, -0.25) is 9.48 Å². The third kappa shape index (κ3) is 3.55. The number of hydrogen-bond acceptors (Lipinski definition) is 2. The van der Waals surface area contributed by atoms with Crippen LogP contribution in [0.15, 0.2) is 48.7 Å². The van der Waals surface area contributed by atoms with E-state index in [1.165, 1.54) is 42.1 Å². The second-order valence-corrected chi connectivity index (χ2v) is 4.75. The molecule has 2 aromatic rings. The van der Waals surface area contributed by atoms with Gasteiger partial charge in [0.1, 0.15) is 11.7 Å². The van der Waals surface area contributed by atoms with Gasteiger partial charge < -0.3 is 5.11 Å². The van der Waals surface area contributed by atoms with Crippen LogP contribution in [0.25, 0.3) is 11.3 Å². The van der Waals surface area contributed by atoms with E-state index in [0.29, 0.717) is 17.3 Å². The summed E-state index contributed by atoms with van der Waals surface area (Å²) in [6.07, 6.45) is -0.152. The van der Waals surface area contributed by atoms with Crippen molar-refractivity contribution >= 4 is 5.97 Å². The van der Waals surface area contributed by atoms with E-state index >= 15 is 0 Å². The average Bonchev–Trinajstić information content (AvgIpc) is 2.94. The van der Waals surface area contributed by atoms with Gasteiger partial charge in [0.25, 0.3) is 6.08 Å². The van der Waals surface area contributed by atoms with E-state index in [4.69, 9.17) is 5.11 Å². The third-order valence-electron chi connectivity index (χ3n) is 3.28. The normalized spacial score (nSPS) is 13.5. The van der Waals surface area contributed by atoms with Crippen LogP contribution < -0.4 is 0 Å².